The fraction of sp³-hybridized carbons (Fsp3) is 0.263. The highest BCUT2D eigenvalue weighted by Gasteiger charge is 1.89. The number of benzene rings is 2. The zero-order chi connectivity index (χ0) is 13.5. The molecule has 0 saturated heterocycles. The van der Waals surface area contributed by atoms with E-state index in [1.807, 2.05) is 6.92 Å². The van der Waals surface area contributed by atoms with Crippen molar-refractivity contribution in [1.29, 1.82) is 0 Å². The van der Waals surface area contributed by atoms with Crippen LogP contribution in [0.5, 0.6) is 0 Å². The molecule has 0 heterocycles. The molecule has 0 aliphatic carbocycles. The van der Waals surface area contributed by atoms with E-state index in [0.717, 1.165) is 5.57 Å². The summed E-state index contributed by atoms with van der Waals surface area (Å²) in [5, 5.41) is 0. The smallest absolute Gasteiger partial charge is 0.0233 e. The van der Waals surface area contributed by atoms with Crippen molar-refractivity contribution in [3.63, 3.8) is 0 Å². The third-order valence-electron chi connectivity index (χ3n) is 2.76. The Morgan fingerprint density at radius 3 is 1.21 bits per heavy atom. The Labute approximate surface area is 118 Å². The topological polar surface area (TPSA) is 0 Å². The zero-order valence-corrected chi connectivity index (χ0v) is 11.8. The molecule has 0 aromatic heterocycles. The molecule has 0 radical (unpaired) electrons. The Bertz CT molecular complexity index is 466. The minimum absolute atomic E-state index is 0. The van der Waals surface area contributed by atoms with Crippen LogP contribution >= 0.6 is 0 Å². The van der Waals surface area contributed by atoms with Gasteiger partial charge in [-0.2, -0.15) is 0 Å². The third kappa shape index (κ3) is 6.61. The van der Waals surface area contributed by atoms with Crippen LogP contribution in [0.4, 0.5) is 0 Å². The molecule has 2 aromatic rings. The molecule has 0 fully saturated rings. The van der Waals surface area contributed by atoms with E-state index in [2.05, 4.69) is 75.9 Å². The van der Waals surface area contributed by atoms with Gasteiger partial charge in [0.15, 0.2) is 0 Å². The predicted octanol–water partition coefficient (Wildman–Crippen LogP) is 5.97. The van der Waals surface area contributed by atoms with Crippen molar-refractivity contribution >= 4 is 5.57 Å². The molecule has 0 spiro atoms. The molecule has 0 heteroatoms. The molecule has 0 unspecified atom stereocenters. The van der Waals surface area contributed by atoms with Gasteiger partial charge in [0.25, 0.3) is 0 Å². The number of hydrogen-bond acceptors (Lipinski definition) is 0. The molecule has 0 amide bonds. The van der Waals surface area contributed by atoms with Crippen molar-refractivity contribution in [1.82, 2.24) is 0 Å². The SMILES string of the molecule is C.C=C(C)c1ccc(C)cc1.Cc1ccc(C)cc1. The second-order valence-electron chi connectivity index (χ2n) is 4.80. The van der Waals surface area contributed by atoms with Gasteiger partial charge in [-0.1, -0.05) is 84.8 Å². The van der Waals surface area contributed by atoms with Crippen LogP contribution in [0.15, 0.2) is 55.1 Å². The highest BCUT2D eigenvalue weighted by atomic mass is 13.9. The molecule has 19 heavy (non-hydrogen) atoms. The minimum atomic E-state index is 0. The normalized spacial score (nSPS) is 8.84. The first-order valence-electron chi connectivity index (χ1n) is 6.25. The molecule has 0 bridgehead atoms. The fourth-order valence-corrected chi connectivity index (χ4v) is 1.47. The Balaban J connectivity index is 0.000000331. The summed E-state index contributed by atoms with van der Waals surface area (Å²) in [7, 11) is 0. The Hall–Kier alpha value is -1.82. The van der Waals surface area contributed by atoms with E-state index in [4.69, 9.17) is 0 Å². The van der Waals surface area contributed by atoms with E-state index >= 15 is 0 Å². The van der Waals surface area contributed by atoms with Gasteiger partial charge in [0.05, 0.1) is 0 Å². The van der Waals surface area contributed by atoms with E-state index < -0.39 is 0 Å². The summed E-state index contributed by atoms with van der Waals surface area (Å²) >= 11 is 0. The summed E-state index contributed by atoms with van der Waals surface area (Å²) in [5.74, 6) is 0. The van der Waals surface area contributed by atoms with Crippen molar-refractivity contribution < 1.29 is 0 Å². The van der Waals surface area contributed by atoms with E-state index in [1.54, 1.807) is 0 Å². The van der Waals surface area contributed by atoms with Crippen LogP contribution < -0.4 is 0 Å². The summed E-state index contributed by atoms with van der Waals surface area (Å²) in [6, 6.07) is 16.9. The molecule has 0 saturated carbocycles. The van der Waals surface area contributed by atoms with E-state index in [-0.39, 0.29) is 7.43 Å². The van der Waals surface area contributed by atoms with Gasteiger partial charge in [-0.15, -0.1) is 0 Å². The lowest BCUT2D eigenvalue weighted by Gasteiger charge is -1.98. The first-order valence-corrected chi connectivity index (χ1v) is 6.25. The van der Waals surface area contributed by atoms with Crippen LogP contribution in [-0.4, -0.2) is 0 Å². The molecular formula is C19H26. The van der Waals surface area contributed by atoms with Gasteiger partial charge in [0.1, 0.15) is 0 Å². The van der Waals surface area contributed by atoms with Crippen molar-refractivity contribution in [3.05, 3.63) is 77.4 Å². The number of allylic oxidation sites excluding steroid dienone is 1. The van der Waals surface area contributed by atoms with Gasteiger partial charge in [-0.05, 0) is 33.3 Å². The predicted molar refractivity (Wildman–Crippen MR) is 88.5 cm³/mol. The summed E-state index contributed by atoms with van der Waals surface area (Å²) in [4.78, 5) is 0. The van der Waals surface area contributed by atoms with Crippen LogP contribution in [0.2, 0.25) is 0 Å². The monoisotopic (exact) mass is 254 g/mol. The third-order valence-corrected chi connectivity index (χ3v) is 2.76. The second-order valence-corrected chi connectivity index (χ2v) is 4.80. The summed E-state index contributed by atoms with van der Waals surface area (Å²) < 4.78 is 0. The van der Waals surface area contributed by atoms with Gasteiger partial charge in [-0.3, -0.25) is 0 Å². The van der Waals surface area contributed by atoms with E-state index in [0.29, 0.717) is 0 Å². The van der Waals surface area contributed by atoms with Gasteiger partial charge in [0.2, 0.25) is 0 Å². The van der Waals surface area contributed by atoms with Crippen LogP contribution in [0.25, 0.3) is 5.57 Å². The van der Waals surface area contributed by atoms with Crippen molar-refractivity contribution in [2.24, 2.45) is 0 Å². The molecule has 2 rings (SSSR count). The van der Waals surface area contributed by atoms with Gasteiger partial charge in [0, 0.05) is 0 Å². The number of hydrogen-bond donors (Lipinski definition) is 0. The lowest BCUT2D eigenvalue weighted by molar-refractivity contribution is 1.40. The largest absolute Gasteiger partial charge is 0.0955 e. The maximum atomic E-state index is 3.86. The molecular weight excluding hydrogens is 228 g/mol. The van der Waals surface area contributed by atoms with Crippen LogP contribution in [0.3, 0.4) is 0 Å². The van der Waals surface area contributed by atoms with Crippen molar-refractivity contribution in [3.8, 4) is 0 Å². The van der Waals surface area contributed by atoms with E-state index in [9.17, 15) is 0 Å². The highest BCUT2D eigenvalue weighted by molar-refractivity contribution is 5.61. The van der Waals surface area contributed by atoms with Gasteiger partial charge >= 0.3 is 0 Å². The van der Waals surface area contributed by atoms with E-state index in [1.165, 1.54) is 22.3 Å². The molecule has 0 aliphatic heterocycles. The fourth-order valence-electron chi connectivity index (χ4n) is 1.47. The lowest BCUT2D eigenvalue weighted by Crippen LogP contribution is -1.76. The summed E-state index contributed by atoms with van der Waals surface area (Å²) in [6.07, 6.45) is 0. The van der Waals surface area contributed by atoms with Crippen LogP contribution in [0.1, 0.15) is 36.6 Å². The summed E-state index contributed by atoms with van der Waals surface area (Å²) in [6.45, 7) is 12.2. The molecule has 102 valence electrons. The minimum Gasteiger partial charge on any atom is -0.0955 e. The first-order chi connectivity index (χ1) is 8.49. The van der Waals surface area contributed by atoms with Crippen molar-refractivity contribution in [2.45, 2.75) is 35.1 Å². The van der Waals surface area contributed by atoms with Crippen molar-refractivity contribution in [2.75, 3.05) is 0 Å². The molecule has 0 N–H and O–H groups in total. The van der Waals surface area contributed by atoms with Gasteiger partial charge < -0.3 is 0 Å². The standard InChI is InChI=1S/C10H12.C8H10.CH4/c1-8(2)10-6-4-9(3)5-7-10;1-7-3-5-8(2)6-4-7;/h4-7H,1H2,2-3H3;3-6H,1-2H3;1H4. The molecule has 2 aromatic carbocycles. The Morgan fingerprint density at radius 1 is 0.684 bits per heavy atom. The Kier molecular flexibility index (Phi) is 7.52. The summed E-state index contributed by atoms with van der Waals surface area (Å²) in [5.41, 5.74) is 6.31. The van der Waals surface area contributed by atoms with Crippen LogP contribution in [-0.2, 0) is 0 Å². The first kappa shape index (κ1) is 17.2. The number of rotatable bonds is 1. The maximum Gasteiger partial charge on any atom is -0.0233 e. The highest BCUT2D eigenvalue weighted by Crippen LogP contribution is 2.11. The average Bonchev–Trinajstić information content (AvgIpc) is 2.34. The zero-order valence-electron chi connectivity index (χ0n) is 11.8. The molecule has 0 nitrogen and oxygen atoms in total. The quantitative estimate of drug-likeness (QED) is 0.588. The second kappa shape index (κ2) is 8.31. The lowest BCUT2D eigenvalue weighted by atomic mass is 10.1. The molecule has 0 atom stereocenters. The maximum absolute atomic E-state index is 3.86. The van der Waals surface area contributed by atoms with Gasteiger partial charge in [-0.25, -0.2) is 0 Å². The number of aryl methyl sites for hydroxylation is 3. The van der Waals surface area contributed by atoms with Crippen LogP contribution in [0, 0.1) is 20.8 Å². The average molecular weight is 254 g/mol. The molecule has 0 aliphatic rings. The Morgan fingerprint density at radius 2 is 0.947 bits per heavy atom.